The number of hydrogen-bond donors (Lipinski definition) is 7. The number of rotatable bonds is 10. The molecule has 3 rings (SSSR count). The average Bonchev–Trinajstić information content (AvgIpc) is 3.28. The molecule has 3 aromatic rings. The molecule has 0 aliphatic rings. The first-order valence-corrected chi connectivity index (χ1v) is 11.7. The van der Waals surface area contributed by atoms with Gasteiger partial charge >= 0.3 is 6.03 Å². The van der Waals surface area contributed by atoms with Crippen LogP contribution in [0.3, 0.4) is 0 Å². The molecule has 12 heteroatoms. The van der Waals surface area contributed by atoms with Crippen LogP contribution in [0.1, 0.15) is 24.5 Å². The number of carbonyl (C=O) groups excluding carboxylic acids is 4. The Morgan fingerprint density at radius 3 is 2.41 bits per heavy atom. The molecule has 0 fully saturated rings. The SMILES string of the molecule is CC[C@@H](N)C(=O)NNC(=O)N[C@@H](Cc1c[nH]c2ccccc12)C(=O)N[C@@H](Cc1cccc(F)c1)C(N)=O. The number of aromatic nitrogens is 1. The first kappa shape index (κ1) is 27.1. The number of nitrogens with one attached hydrogen (secondary N) is 5. The van der Waals surface area contributed by atoms with Crippen molar-refractivity contribution in [1.82, 2.24) is 26.5 Å². The van der Waals surface area contributed by atoms with Crippen molar-refractivity contribution >= 4 is 34.7 Å². The van der Waals surface area contributed by atoms with Crippen molar-refractivity contribution in [3.05, 3.63) is 71.7 Å². The van der Waals surface area contributed by atoms with Gasteiger partial charge < -0.3 is 27.1 Å². The Morgan fingerprint density at radius 1 is 0.946 bits per heavy atom. The van der Waals surface area contributed by atoms with Gasteiger partial charge in [0.15, 0.2) is 0 Å². The van der Waals surface area contributed by atoms with Crippen molar-refractivity contribution in [3.8, 4) is 0 Å². The summed E-state index contributed by atoms with van der Waals surface area (Å²) in [6.45, 7) is 1.71. The maximum Gasteiger partial charge on any atom is 0.334 e. The minimum atomic E-state index is -1.16. The lowest BCUT2D eigenvalue weighted by atomic mass is 10.0. The van der Waals surface area contributed by atoms with Gasteiger partial charge in [-0.1, -0.05) is 37.3 Å². The van der Waals surface area contributed by atoms with Crippen LogP contribution in [0.15, 0.2) is 54.7 Å². The number of carbonyl (C=O) groups is 4. The fourth-order valence-corrected chi connectivity index (χ4v) is 3.72. The zero-order valence-electron chi connectivity index (χ0n) is 20.2. The summed E-state index contributed by atoms with van der Waals surface area (Å²) in [5.41, 5.74) is 17.5. The third-order valence-corrected chi connectivity index (χ3v) is 5.79. The number of hydrogen-bond acceptors (Lipinski definition) is 5. The van der Waals surface area contributed by atoms with Crippen LogP contribution < -0.4 is 33.0 Å². The summed E-state index contributed by atoms with van der Waals surface area (Å²) in [6, 6.07) is 8.99. The van der Waals surface area contributed by atoms with E-state index in [9.17, 15) is 23.6 Å². The van der Waals surface area contributed by atoms with Gasteiger partial charge in [0.25, 0.3) is 5.91 Å². The Hall–Kier alpha value is -4.45. The molecule has 5 amide bonds. The van der Waals surface area contributed by atoms with Gasteiger partial charge in [-0.05, 0) is 35.7 Å². The Balaban J connectivity index is 1.77. The van der Waals surface area contributed by atoms with Gasteiger partial charge in [0.2, 0.25) is 11.8 Å². The molecule has 0 unspecified atom stereocenters. The number of halogens is 1. The molecule has 1 aromatic heterocycles. The van der Waals surface area contributed by atoms with Crippen molar-refractivity contribution in [2.45, 2.75) is 44.3 Å². The minimum absolute atomic E-state index is 0.0458. The molecule has 2 aromatic carbocycles. The molecule has 0 aliphatic carbocycles. The van der Waals surface area contributed by atoms with Gasteiger partial charge in [0.05, 0.1) is 6.04 Å². The molecule has 0 aliphatic heterocycles. The van der Waals surface area contributed by atoms with Crippen molar-refractivity contribution < 1.29 is 23.6 Å². The number of H-pyrrole nitrogens is 1. The van der Waals surface area contributed by atoms with Crippen molar-refractivity contribution in [3.63, 3.8) is 0 Å². The molecular formula is C25H30FN7O4. The smallest absolute Gasteiger partial charge is 0.334 e. The number of aromatic amines is 1. The highest BCUT2D eigenvalue weighted by atomic mass is 19.1. The molecule has 9 N–H and O–H groups in total. The molecule has 0 saturated heterocycles. The molecule has 196 valence electrons. The number of benzene rings is 2. The molecule has 1 heterocycles. The summed E-state index contributed by atoms with van der Waals surface area (Å²) in [5, 5.41) is 5.90. The van der Waals surface area contributed by atoms with Crippen LogP contribution in [-0.4, -0.2) is 46.9 Å². The Morgan fingerprint density at radius 2 is 1.70 bits per heavy atom. The third-order valence-electron chi connectivity index (χ3n) is 5.79. The van der Waals surface area contributed by atoms with E-state index >= 15 is 0 Å². The van der Waals surface area contributed by atoms with E-state index in [4.69, 9.17) is 11.5 Å². The van der Waals surface area contributed by atoms with Gasteiger partial charge in [0, 0.05) is 29.9 Å². The third kappa shape index (κ3) is 7.51. The van der Waals surface area contributed by atoms with E-state index in [1.54, 1.807) is 19.2 Å². The van der Waals surface area contributed by atoms with E-state index in [2.05, 4.69) is 26.5 Å². The maximum absolute atomic E-state index is 13.6. The standard InChI is InChI=1S/C25H30FN7O4/c1-2-18(27)23(35)32-33-25(37)31-21(12-15-13-29-19-9-4-3-8-17(15)19)24(36)30-20(22(28)34)11-14-6-5-7-16(26)10-14/h3-10,13,18,20-21,29H,2,11-12,27H2,1H3,(H2,28,34)(H,30,36)(H,32,35)(H2,31,33,37)/t18-,20+,21+/m1/s1. The second-order valence-corrected chi connectivity index (χ2v) is 8.52. The van der Waals surface area contributed by atoms with Crippen molar-refractivity contribution in [2.75, 3.05) is 0 Å². The molecule has 3 atom stereocenters. The van der Waals surface area contributed by atoms with E-state index in [1.807, 2.05) is 24.3 Å². The van der Waals surface area contributed by atoms with E-state index in [1.165, 1.54) is 18.2 Å². The van der Waals surface area contributed by atoms with Crippen LogP contribution in [0.2, 0.25) is 0 Å². The molecular weight excluding hydrogens is 481 g/mol. The van der Waals surface area contributed by atoms with Crippen molar-refractivity contribution in [2.24, 2.45) is 11.5 Å². The van der Waals surface area contributed by atoms with Gasteiger partial charge in [-0.2, -0.15) is 0 Å². The number of primary amides is 1. The molecule has 0 radical (unpaired) electrons. The van der Waals surface area contributed by atoms with E-state index < -0.39 is 47.7 Å². The quantitative estimate of drug-likeness (QED) is 0.195. The normalized spacial score (nSPS) is 13.3. The highest BCUT2D eigenvalue weighted by Gasteiger charge is 2.27. The van der Waals surface area contributed by atoms with Crippen LogP contribution in [0.4, 0.5) is 9.18 Å². The number of para-hydroxylation sites is 1. The van der Waals surface area contributed by atoms with E-state index in [0.29, 0.717) is 12.0 Å². The van der Waals surface area contributed by atoms with Crippen LogP contribution in [0.25, 0.3) is 10.9 Å². The molecule has 37 heavy (non-hydrogen) atoms. The Labute approximate surface area is 212 Å². The minimum Gasteiger partial charge on any atom is -0.368 e. The zero-order valence-corrected chi connectivity index (χ0v) is 20.2. The number of hydrazine groups is 1. The fraction of sp³-hybridized carbons (Fsp3) is 0.280. The monoisotopic (exact) mass is 511 g/mol. The Kier molecular flexibility index (Phi) is 9.16. The van der Waals surface area contributed by atoms with Crippen molar-refractivity contribution in [1.29, 1.82) is 0 Å². The van der Waals surface area contributed by atoms with E-state index in [-0.39, 0.29) is 12.8 Å². The van der Waals surface area contributed by atoms with Crippen LogP contribution in [-0.2, 0) is 27.2 Å². The lowest BCUT2D eigenvalue weighted by Gasteiger charge is -2.22. The largest absolute Gasteiger partial charge is 0.368 e. The molecule has 0 spiro atoms. The number of nitrogens with two attached hydrogens (primary N) is 2. The summed E-state index contributed by atoms with van der Waals surface area (Å²) in [4.78, 5) is 52.8. The van der Waals surface area contributed by atoms with E-state index in [0.717, 1.165) is 16.5 Å². The summed E-state index contributed by atoms with van der Waals surface area (Å²) in [6.07, 6.45) is 2.08. The Bertz CT molecular complexity index is 1280. The predicted octanol–water partition coefficient (Wildman–Crippen LogP) is 0.499. The first-order valence-electron chi connectivity index (χ1n) is 11.7. The van der Waals surface area contributed by atoms with Gasteiger partial charge in [0.1, 0.15) is 17.9 Å². The molecule has 0 saturated carbocycles. The second kappa shape index (κ2) is 12.5. The zero-order chi connectivity index (χ0) is 26.9. The lowest BCUT2D eigenvalue weighted by Crippen LogP contribution is -2.58. The number of fused-ring (bicyclic) bond motifs is 1. The summed E-state index contributed by atoms with van der Waals surface area (Å²) >= 11 is 0. The predicted molar refractivity (Wildman–Crippen MR) is 135 cm³/mol. The van der Waals surface area contributed by atoms with Gasteiger partial charge in [-0.3, -0.25) is 19.8 Å². The first-order chi connectivity index (χ1) is 17.7. The topological polar surface area (TPSA) is 184 Å². The summed E-state index contributed by atoms with van der Waals surface area (Å²) in [7, 11) is 0. The van der Waals surface area contributed by atoms with Crippen LogP contribution in [0, 0.1) is 5.82 Å². The fourth-order valence-electron chi connectivity index (χ4n) is 3.72. The lowest BCUT2D eigenvalue weighted by molar-refractivity contribution is -0.128. The highest BCUT2D eigenvalue weighted by molar-refractivity contribution is 5.93. The number of urea groups is 1. The summed E-state index contributed by atoms with van der Waals surface area (Å²) in [5.74, 6) is -2.61. The highest BCUT2D eigenvalue weighted by Crippen LogP contribution is 2.19. The van der Waals surface area contributed by atoms with Gasteiger partial charge in [-0.25, -0.2) is 14.6 Å². The summed E-state index contributed by atoms with van der Waals surface area (Å²) < 4.78 is 13.6. The van der Waals surface area contributed by atoms with Crippen LogP contribution >= 0.6 is 0 Å². The van der Waals surface area contributed by atoms with Crippen LogP contribution in [0.5, 0.6) is 0 Å². The van der Waals surface area contributed by atoms with Gasteiger partial charge in [-0.15, -0.1) is 0 Å². The number of amides is 5. The molecule has 11 nitrogen and oxygen atoms in total. The second-order valence-electron chi connectivity index (χ2n) is 8.52. The average molecular weight is 512 g/mol. The molecule has 0 bridgehead atoms. The maximum atomic E-state index is 13.6.